The maximum absolute atomic E-state index is 13.1. The number of hydrogen-bond acceptors (Lipinski definition) is 5. The lowest BCUT2D eigenvalue weighted by Crippen LogP contribution is -2.43. The summed E-state index contributed by atoms with van der Waals surface area (Å²) < 4.78 is 5.82. The normalized spacial score (nSPS) is 23.5. The quantitative estimate of drug-likeness (QED) is 0.758. The first-order valence-electron chi connectivity index (χ1n) is 9.56. The molecule has 0 radical (unpaired) electrons. The number of rotatable bonds is 3. The lowest BCUT2D eigenvalue weighted by Gasteiger charge is -2.33. The van der Waals surface area contributed by atoms with Gasteiger partial charge < -0.3 is 15.0 Å². The fraction of sp³-hybridized carbons (Fsp3) is 0.273. The number of carbonyl (C=O) groups is 3. The van der Waals surface area contributed by atoms with Crippen molar-refractivity contribution < 1.29 is 19.1 Å². The number of nitrogens with one attached hydrogen (secondary N) is 2. The van der Waals surface area contributed by atoms with E-state index in [4.69, 9.17) is 10.00 Å². The molecule has 2 heterocycles. The first-order chi connectivity index (χ1) is 14.4. The summed E-state index contributed by atoms with van der Waals surface area (Å²) in [6.45, 7) is 2.77. The van der Waals surface area contributed by atoms with Crippen LogP contribution in [0.3, 0.4) is 0 Å². The summed E-state index contributed by atoms with van der Waals surface area (Å²) in [6, 6.07) is 15.4. The summed E-state index contributed by atoms with van der Waals surface area (Å²) in [4.78, 5) is 38.6. The molecule has 2 fully saturated rings. The second kappa shape index (κ2) is 7.61. The summed E-state index contributed by atoms with van der Waals surface area (Å²) in [7, 11) is 0. The van der Waals surface area contributed by atoms with Crippen molar-refractivity contribution in [3.63, 3.8) is 0 Å². The Balaban J connectivity index is 1.55. The van der Waals surface area contributed by atoms with Crippen LogP contribution >= 0.6 is 0 Å². The molecule has 2 aromatic carbocycles. The van der Waals surface area contributed by atoms with Gasteiger partial charge in [-0.3, -0.25) is 14.9 Å². The second-order valence-electron chi connectivity index (χ2n) is 7.46. The number of nitriles is 1. The van der Waals surface area contributed by atoms with Gasteiger partial charge in [-0.05, 0) is 42.3 Å². The lowest BCUT2D eigenvalue weighted by molar-refractivity contribution is -0.123. The van der Waals surface area contributed by atoms with Crippen molar-refractivity contribution >= 4 is 17.8 Å². The monoisotopic (exact) mass is 404 g/mol. The molecule has 2 N–H and O–H groups in total. The largest absolute Gasteiger partial charge is 0.370 e. The van der Waals surface area contributed by atoms with Crippen LogP contribution in [-0.4, -0.2) is 42.4 Å². The Kier molecular flexibility index (Phi) is 4.98. The second-order valence-corrected chi connectivity index (χ2v) is 7.46. The predicted molar refractivity (Wildman–Crippen MR) is 106 cm³/mol. The van der Waals surface area contributed by atoms with Crippen molar-refractivity contribution in [1.29, 1.82) is 5.26 Å². The van der Waals surface area contributed by atoms with Gasteiger partial charge in [0.1, 0.15) is 11.6 Å². The van der Waals surface area contributed by atoms with Gasteiger partial charge in [0, 0.05) is 12.1 Å². The molecule has 0 aromatic heterocycles. The van der Waals surface area contributed by atoms with Crippen LogP contribution in [0.5, 0.6) is 0 Å². The van der Waals surface area contributed by atoms with Crippen molar-refractivity contribution in [2.75, 3.05) is 19.7 Å². The van der Waals surface area contributed by atoms with E-state index in [9.17, 15) is 14.4 Å². The Morgan fingerprint density at radius 1 is 1.23 bits per heavy atom. The van der Waals surface area contributed by atoms with Crippen molar-refractivity contribution in [3.8, 4) is 6.07 Å². The Bertz CT molecular complexity index is 1080. The standard InChI is InChI=1S/C22H20N4O4/c1-22(20(28)24-21(29)25-22)17-7-3-6-16(11-17)19(27)26-8-9-30-18(13-26)15-5-2-4-14(10-15)12-23/h2-7,10-11,18H,8-9,13H2,1H3,(H2,24,25,28,29). The molecule has 2 aliphatic heterocycles. The Labute approximate surface area is 173 Å². The number of hydrogen-bond donors (Lipinski definition) is 2. The summed E-state index contributed by atoms with van der Waals surface area (Å²) in [5.74, 6) is -0.643. The third-order valence-corrected chi connectivity index (χ3v) is 5.47. The zero-order valence-electron chi connectivity index (χ0n) is 16.3. The molecule has 0 saturated carbocycles. The fourth-order valence-electron chi connectivity index (χ4n) is 3.74. The van der Waals surface area contributed by atoms with Crippen molar-refractivity contribution in [2.24, 2.45) is 0 Å². The van der Waals surface area contributed by atoms with Crippen LogP contribution in [0.4, 0.5) is 4.79 Å². The molecule has 2 aromatic rings. The summed E-state index contributed by atoms with van der Waals surface area (Å²) in [6.07, 6.45) is -0.323. The molecule has 8 heteroatoms. The van der Waals surface area contributed by atoms with Crippen LogP contribution in [0, 0.1) is 11.3 Å². The minimum absolute atomic E-state index is 0.185. The van der Waals surface area contributed by atoms with Crippen LogP contribution in [0.15, 0.2) is 48.5 Å². The van der Waals surface area contributed by atoms with E-state index in [0.717, 1.165) is 5.56 Å². The molecule has 0 aliphatic carbocycles. The molecule has 0 bridgehead atoms. The van der Waals surface area contributed by atoms with Crippen LogP contribution in [-0.2, 0) is 15.1 Å². The first-order valence-corrected chi connectivity index (χ1v) is 9.56. The van der Waals surface area contributed by atoms with E-state index in [1.54, 1.807) is 54.3 Å². The van der Waals surface area contributed by atoms with Crippen LogP contribution < -0.4 is 10.6 Å². The number of ether oxygens (including phenoxy) is 1. The van der Waals surface area contributed by atoms with Gasteiger partial charge in [0.05, 0.1) is 24.8 Å². The van der Waals surface area contributed by atoms with Crippen LogP contribution in [0.25, 0.3) is 0 Å². The predicted octanol–water partition coefficient (Wildman–Crippen LogP) is 1.83. The maximum atomic E-state index is 13.1. The number of amides is 4. The van der Waals surface area contributed by atoms with Gasteiger partial charge in [-0.2, -0.15) is 5.26 Å². The van der Waals surface area contributed by atoms with Crippen molar-refractivity contribution in [2.45, 2.75) is 18.6 Å². The molecule has 152 valence electrons. The topological polar surface area (TPSA) is 112 Å². The molecule has 4 amide bonds. The van der Waals surface area contributed by atoms with E-state index < -0.39 is 17.5 Å². The Hall–Kier alpha value is -3.70. The van der Waals surface area contributed by atoms with Gasteiger partial charge in [-0.1, -0.05) is 24.3 Å². The molecule has 2 aliphatic rings. The highest BCUT2D eigenvalue weighted by Crippen LogP contribution is 2.27. The van der Waals surface area contributed by atoms with Gasteiger partial charge in [-0.15, -0.1) is 0 Å². The number of morpholine rings is 1. The Morgan fingerprint density at radius 2 is 2.03 bits per heavy atom. The maximum Gasteiger partial charge on any atom is 0.322 e. The molecular weight excluding hydrogens is 384 g/mol. The van der Waals surface area contributed by atoms with E-state index in [0.29, 0.717) is 36.4 Å². The smallest absolute Gasteiger partial charge is 0.322 e. The number of urea groups is 1. The molecule has 2 atom stereocenters. The Morgan fingerprint density at radius 3 is 2.77 bits per heavy atom. The molecule has 8 nitrogen and oxygen atoms in total. The number of benzene rings is 2. The van der Waals surface area contributed by atoms with E-state index in [-0.39, 0.29) is 12.0 Å². The third kappa shape index (κ3) is 3.51. The zero-order valence-corrected chi connectivity index (χ0v) is 16.3. The van der Waals surface area contributed by atoms with Crippen molar-refractivity contribution in [1.82, 2.24) is 15.5 Å². The van der Waals surface area contributed by atoms with Gasteiger partial charge in [0.15, 0.2) is 0 Å². The molecule has 2 unspecified atom stereocenters. The number of imide groups is 1. The van der Waals surface area contributed by atoms with Gasteiger partial charge in [0.25, 0.3) is 11.8 Å². The average molecular weight is 404 g/mol. The highest BCUT2D eigenvalue weighted by molar-refractivity contribution is 6.07. The van der Waals surface area contributed by atoms with Crippen LogP contribution in [0.2, 0.25) is 0 Å². The first kappa shape index (κ1) is 19.6. The summed E-state index contributed by atoms with van der Waals surface area (Å²) in [5, 5.41) is 13.9. The van der Waals surface area contributed by atoms with E-state index in [2.05, 4.69) is 16.7 Å². The minimum atomic E-state index is -1.22. The SMILES string of the molecule is CC1(c2cccc(C(=O)N3CCOC(c4cccc(C#N)c4)C3)c2)NC(=O)NC1=O. The average Bonchev–Trinajstić information content (AvgIpc) is 3.05. The van der Waals surface area contributed by atoms with Crippen molar-refractivity contribution in [3.05, 3.63) is 70.8 Å². The van der Waals surface area contributed by atoms with Crippen LogP contribution in [0.1, 0.15) is 40.1 Å². The third-order valence-electron chi connectivity index (χ3n) is 5.47. The van der Waals surface area contributed by atoms with Gasteiger partial charge in [0.2, 0.25) is 0 Å². The molecule has 30 heavy (non-hydrogen) atoms. The lowest BCUT2D eigenvalue weighted by atomic mass is 9.91. The number of nitrogens with zero attached hydrogens (tertiary/aromatic N) is 2. The van der Waals surface area contributed by atoms with E-state index >= 15 is 0 Å². The van der Waals surface area contributed by atoms with E-state index in [1.807, 2.05) is 6.07 Å². The zero-order chi connectivity index (χ0) is 21.3. The number of carbonyl (C=O) groups excluding carboxylic acids is 3. The fourth-order valence-corrected chi connectivity index (χ4v) is 3.74. The van der Waals surface area contributed by atoms with E-state index in [1.165, 1.54) is 0 Å². The van der Waals surface area contributed by atoms with Gasteiger partial charge in [-0.25, -0.2) is 4.79 Å². The molecular formula is C22H20N4O4. The molecule has 4 rings (SSSR count). The summed E-state index contributed by atoms with van der Waals surface area (Å²) >= 11 is 0. The molecule has 0 spiro atoms. The highest BCUT2D eigenvalue weighted by Gasteiger charge is 2.43. The van der Waals surface area contributed by atoms with Gasteiger partial charge >= 0.3 is 6.03 Å². The minimum Gasteiger partial charge on any atom is -0.370 e. The molecule has 2 saturated heterocycles. The summed E-state index contributed by atoms with van der Waals surface area (Å²) in [5.41, 5.74) is 1.12. The highest BCUT2D eigenvalue weighted by atomic mass is 16.5.